The van der Waals surface area contributed by atoms with E-state index >= 15 is 0 Å². The predicted molar refractivity (Wildman–Crippen MR) is 149 cm³/mol. The van der Waals surface area contributed by atoms with Gasteiger partial charge in [-0.3, -0.25) is 9.48 Å². The lowest BCUT2D eigenvalue weighted by Gasteiger charge is -2.34. The summed E-state index contributed by atoms with van der Waals surface area (Å²) in [6, 6.07) is 5.61. The van der Waals surface area contributed by atoms with Crippen LogP contribution in [-0.4, -0.2) is 63.5 Å². The summed E-state index contributed by atoms with van der Waals surface area (Å²) in [5.74, 6) is -0.509. The molecule has 202 valence electrons. The quantitative estimate of drug-likeness (QED) is 0.257. The molecule has 9 nitrogen and oxygen atoms in total. The Morgan fingerprint density at radius 3 is 2.76 bits per heavy atom. The highest BCUT2D eigenvalue weighted by Gasteiger charge is 2.30. The maximum absolute atomic E-state index is 13.9. The van der Waals surface area contributed by atoms with E-state index in [9.17, 15) is 9.18 Å². The lowest BCUT2D eigenvalue weighted by atomic mass is 9.90. The van der Waals surface area contributed by atoms with E-state index in [1.54, 1.807) is 30.2 Å². The van der Waals surface area contributed by atoms with E-state index in [4.69, 9.17) is 14.7 Å². The van der Waals surface area contributed by atoms with E-state index in [0.717, 1.165) is 37.4 Å². The number of hydrogen-bond donors (Lipinski definition) is 2. The van der Waals surface area contributed by atoms with E-state index in [1.807, 2.05) is 4.57 Å². The molecule has 0 radical (unpaired) electrons. The molecular weight excluding hydrogens is 501 g/mol. The molecule has 0 unspecified atom stereocenters. The number of benzene rings is 1. The fraction of sp³-hybridized carbons (Fsp3) is 0.481. The van der Waals surface area contributed by atoms with Crippen molar-refractivity contribution in [3.8, 4) is 11.4 Å². The second-order valence-electron chi connectivity index (χ2n) is 11.7. The van der Waals surface area contributed by atoms with Crippen LogP contribution < -0.4 is 10.6 Å². The van der Waals surface area contributed by atoms with E-state index in [2.05, 4.69) is 42.3 Å². The van der Waals surface area contributed by atoms with Gasteiger partial charge in [0.25, 0.3) is 5.91 Å². The number of carbonyl (C=O) groups is 1. The number of aryl methyl sites for hydroxylation is 1. The monoisotopic (exact) mass is 537 g/mol. The summed E-state index contributed by atoms with van der Waals surface area (Å²) < 4.78 is 23.3. The summed E-state index contributed by atoms with van der Waals surface area (Å²) in [4.78, 5) is 23.2. The van der Waals surface area contributed by atoms with Crippen LogP contribution in [0.2, 0.25) is 25.7 Å². The van der Waals surface area contributed by atoms with Crippen LogP contribution in [-0.2, 0) is 18.5 Å². The van der Waals surface area contributed by atoms with Crippen molar-refractivity contribution < 1.29 is 13.9 Å². The molecule has 0 aliphatic carbocycles. The Labute approximate surface area is 222 Å². The van der Waals surface area contributed by atoms with Gasteiger partial charge in [0.15, 0.2) is 5.65 Å². The highest BCUT2D eigenvalue weighted by molar-refractivity contribution is 6.76. The van der Waals surface area contributed by atoms with Crippen LogP contribution in [0.15, 0.2) is 30.6 Å². The molecule has 11 heteroatoms. The topological polar surface area (TPSA) is 98.9 Å². The van der Waals surface area contributed by atoms with E-state index in [0.29, 0.717) is 40.2 Å². The number of piperidine rings is 1. The molecule has 0 atom stereocenters. The minimum atomic E-state index is -1.23. The standard InChI is InChI=1S/C27H36FN7O2Si/c1-27(8-10-29-11-9-27)32-26(36)20-16-35(17-37-12-13-38(3,4)5)25-24(20)31-21(15-30-25)23-19-7-6-18(28)14-22(19)34(2)33-23/h6-7,14-16,29H,8-13,17H2,1-5H3,(H,32,36). The Morgan fingerprint density at radius 2 is 2.03 bits per heavy atom. The zero-order valence-corrected chi connectivity index (χ0v) is 23.8. The lowest BCUT2D eigenvalue weighted by molar-refractivity contribution is 0.0872. The molecular formula is C27H36FN7O2Si. The number of nitrogens with zero attached hydrogens (tertiary/aromatic N) is 5. The highest BCUT2D eigenvalue weighted by atomic mass is 28.3. The maximum atomic E-state index is 13.9. The molecule has 1 saturated heterocycles. The first-order valence-electron chi connectivity index (χ1n) is 13.1. The number of rotatable bonds is 8. The smallest absolute Gasteiger partial charge is 0.255 e. The molecule has 4 heterocycles. The van der Waals surface area contributed by atoms with Crippen LogP contribution in [0.25, 0.3) is 33.5 Å². The number of halogens is 1. The predicted octanol–water partition coefficient (Wildman–Crippen LogP) is 4.31. The first-order chi connectivity index (χ1) is 18.0. The summed E-state index contributed by atoms with van der Waals surface area (Å²) in [5, 5.41) is 12.0. The van der Waals surface area contributed by atoms with Crippen LogP contribution >= 0.6 is 0 Å². The van der Waals surface area contributed by atoms with Gasteiger partial charge in [-0.1, -0.05) is 19.6 Å². The summed E-state index contributed by atoms with van der Waals surface area (Å²) in [7, 11) is 0.540. The molecule has 2 N–H and O–H groups in total. The number of aromatic nitrogens is 5. The van der Waals surface area contributed by atoms with Gasteiger partial charge in [-0.05, 0) is 57.1 Å². The number of ether oxygens (including phenoxy) is 1. The fourth-order valence-corrected chi connectivity index (χ4v) is 5.59. The average molecular weight is 538 g/mol. The van der Waals surface area contributed by atoms with Gasteiger partial charge in [0, 0.05) is 38.9 Å². The van der Waals surface area contributed by atoms with Crippen molar-refractivity contribution in [3.63, 3.8) is 0 Å². The molecule has 1 fully saturated rings. The number of nitrogens with one attached hydrogen (secondary N) is 2. The first-order valence-corrected chi connectivity index (χ1v) is 16.8. The number of hydrogen-bond acceptors (Lipinski definition) is 6. The van der Waals surface area contributed by atoms with Crippen LogP contribution in [0.4, 0.5) is 4.39 Å². The molecule has 38 heavy (non-hydrogen) atoms. The Balaban J connectivity index is 1.53. The fourth-order valence-electron chi connectivity index (χ4n) is 4.84. The Hall–Kier alpha value is -3.15. The summed E-state index contributed by atoms with van der Waals surface area (Å²) in [6.45, 7) is 11.7. The van der Waals surface area contributed by atoms with Crippen molar-refractivity contribution in [2.75, 3.05) is 19.7 Å². The molecule has 0 saturated carbocycles. The third-order valence-electron chi connectivity index (χ3n) is 7.22. The molecule has 3 aromatic heterocycles. The van der Waals surface area contributed by atoms with Crippen molar-refractivity contribution in [2.45, 2.75) is 57.7 Å². The van der Waals surface area contributed by atoms with Gasteiger partial charge in [0.2, 0.25) is 0 Å². The van der Waals surface area contributed by atoms with Crippen molar-refractivity contribution in [1.82, 2.24) is 34.9 Å². The summed E-state index contributed by atoms with van der Waals surface area (Å²) in [5.41, 5.74) is 3.00. The van der Waals surface area contributed by atoms with Gasteiger partial charge in [0.1, 0.15) is 29.5 Å². The number of amides is 1. The van der Waals surface area contributed by atoms with Crippen molar-refractivity contribution in [2.24, 2.45) is 7.05 Å². The summed E-state index contributed by atoms with van der Waals surface area (Å²) in [6.07, 6.45) is 5.14. The zero-order chi connectivity index (χ0) is 27.1. The minimum Gasteiger partial charge on any atom is -0.361 e. The molecule has 1 amide bonds. The van der Waals surface area contributed by atoms with Gasteiger partial charge in [-0.15, -0.1) is 0 Å². The Bertz CT molecular complexity index is 1480. The minimum absolute atomic E-state index is 0.181. The first kappa shape index (κ1) is 26.5. The van der Waals surface area contributed by atoms with Gasteiger partial charge in [0.05, 0.1) is 17.3 Å². The van der Waals surface area contributed by atoms with E-state index in [-0.39, 0.29) is 24.0 Å². The summed E-state index contributed by atoms with van der Waals surface area (Å²) >= 11 is 0. The molecule has 0 bridgehead atoms. The SMILES string of the molecule is Cn1nc(-c2cnc3c(n2)c(C(=O)NC2(C)CCNCC2)cn3COCC[Si](C)(C)C)c2ccc(F)cc21. The third kappa shape index (κ3) is 5.50. The van der Waals surface area contributed by atoms with Crippen LogP contribution in [0.1, 0.15) is 30.1 Å². The van der Waals surface area contributed by atoms with Crippen molar-refractivity contribution in [1.29, 1.82) is 0 Å². The second-order valence-corrected chi connectivity index (χ2v) is 17.3. The van der Waals surface area contributed by atoms with E-state index in [1.165, 1.54) is 12.1 Å². The highest BCUT2D eigenvalue weighted by Crippen LogP contribution is 2.29. The van der Waals surface area contributed by atoms with E-state index < -0.39 is 8.07 Å². The normalized spacial score (nSPS) is 15.8. The second kappa shape index (κ2) is 10.2. The van der Waals surface area contributed by atoms with Crippen LogP contribution in [0, 0.1) is 5.82 Å². The largest absolute Gasteiger partial charge is 0.361 e. The molecule has 0 spiro atoms. The molecule has 1 aliphatic heterocycles. The Morgan fingerprint density at radius 1 is 1.26 bits per heavy atom. The molecule has 5 rings (SSSR count). The van der Waals surface area contributed by atoms with Gasteiger partial charge >= 0.3 is 0 Å². The zero-order valence-electron chi connectivity index (χ0n) is 22.8. The van der Waals surface area contributed by atoms with Crippen LogP contribution in [0.5, 0.6) is 0 Å². The van der Waals surface area contributed by atoms with Gasteiger partial charge in [-0.25, -0.2) is 14.4 Å². The van der Waals surface area contributed by atoms with Crippen LogP contribution in [0.3, 0.4) is 0 Å². The van der Waals surface area contributed by atoms with Crippen molar-refractivity contribution in [3.05, 3.63) is 42.0 Å². The van der Waals surface area contributed by atoms with Gasteiger partial charge < -0.3 is 19.9 Å². The third-order valence-corrected chi connectivity index (χ3v) is 8.92. The van der Waals surface area contributed by atoms with Gasteiger partial charge in [-0.2, -0.15) is 5.10 Å². The molecule has 1 aromatic carbocycles. The van der Waals surface area contributed by atoms with Crippen molar-refractivity contribution >= 4 is 36.0 Å². The number of carbonyl (C=O) groups excluding carboxylic acids is 1. The molecule has 4 aromatic rings. The molecule has 1 aliphatic rings. The maximum Gasteiger partial charge on any atom is 0.255 e. The Kier molecular flexibility index (Phi) is 7.10. The lowest BCUT2D eigenvalue weighted by Crippen LogP contribution is -2.52. The number of fused-ring (bicyclic) bond motifs is 2. The average Bonchev–Trinajstić information content (AvgIpc) is 3.38.